The van der Waals surface area contributed by atoms with Gasteiger partial charge < -0.3 is 9.30 Å². The van der Waals surface area contributed by atoms with Crippen molar-refractivity contribution < 1.29 is 9.53 Å². The van der Waals surface area contributed by atoms with Crippen molar-refractivity contribution in [2.24, 2.45) is 0 Å². The zero-order valence-corrected chi connectivity index (χ0v) is 12.4. The highest BCUT2D eigenvalue weighted by Crippen LogP contribution is 2.17. The topological polar surface area (TPSA) is 44.1 Å². The number of rotatable bonds is 5. The molecule has 0 unspecified atom stereocenters. The second-order valence-electron chi connectivity index (χ2n) is 3.77. The van der Waals surface area contributed by atoms with Crippen LogP contribution in [0.4, 0.5) is 0 Å². The lowest BCUT2D eigenvalue weighted by Gasteiger charge is -2.11. The Morgan fingerprint density at radius 3 is 2.89 bits per heavy atom. The van der Waals surface area contributed by atoms with Crippen LogP contribution in [-0.4, -0.2) is 21.5 Å². The molecule has 0 aliphatic heterocycles. The van der Waals surface area contributed by atoms with Gasteiger partial charge in [-0.3, -0.25) is 0 Å². The van der Waals surface area contributed by atoms with Gasteiger partial charge in [-0.15, -0.1) is 0 Å². The van der Waals surface area contributed by atoms with E-state index in [9.17, 15) is 4.79 Å². The van der Waals surface area contributed by atoms with Crippen molar-refractivity contribution in [3.63, 3.8) is 0 Å². The highest BCUT2D eigenvalue weighted by molar-refractivity contribution is 7.99. The monoisotopic (exact) mass is 284 g/mol. The Morgan fingerprint density at radius 1 is 1.67 bits per heavy atom. The van der Waals surface area contributed by atoms with Gasteiger partial charge in [0.15, 0.2) is 5.16 Å². The highest BCUT2D eigenvalue weighted by atomic mass is 32.2. The van der Waals surface area contributed by atoms with E-state index in [1.165, 1.54) is 11.8 Å². The second-order valence-corrected chi connectivity index (χ2v) is 5.05. The Morgan fingerprint density at radius 2 is 2.33 bits per heavy atom. The van der Waals surface area contributed by atoms with Crippen LogP contribution in [0.3, 0.4) is 0 Å². The molecule has 0 N–H and O–H groups in total. The molecule has 0 bridgehead atoms. The van der Waals surface area contributed by atoms with Crippen LogP contribution in [0.1, 0.15) is 19.4 Å². The van der Waals surface area contributed by atoms with Crippen molar-refractivity contribution in [1.82, 2.24) is 9.55 Å². The smallest absolute Gasteiger partial charge is 0.333 e. The minimum Gasteiger partial charge on any atom is -0.451 e. The maximum Gasteiger partial charge on any atom is 0.333 e. The number of ether oxygens (including phenoxy) is 1. The van der Waals surface area contributed by atoms with E-state index in [-0.39, 0.29) is 5.94 Å². The molecule has 0 saturated heterocycles. The Balaban J connectivity index is 2.73. The molecule has 0 saturated carbocycles. The first-order chi connectivity index (χ1) is 8.45. The summed E-state index contributed by atoms with van der Waals surface area (Å²) in [6, 6.07) is 0. The van der Waals surface area contributed by atoms with E-state index in [1.807, 2.05) is 24.6 Å². The quantitative estimate of drug-likeness (QED) is 0.208. The van der Waals surface area contributed by atoms with Gasteiger partial charge >= 0.3 is 5.97 Å². The largest absolute Gasteiger partial charge is 0.451 e. The summed E-state index contributed by atoms with van der Waals surface area (Å²) >= 11 is 6.47. The molecule has 98 valence electrons. The first-order valence-corrected chi connectivity index (χ1v) is 6.88. The minimum absolute atomic E-state index is 0.205. The molecule has 4 nitrogen and oxygen atoms in total. The molecule has 0 aromatic carbocycles. The second kappa shape index (κ2) is 6.70. The summed E-state index contributed by atoms with van der Waals surface area (Å²) in [5, 5.41) is 0.752. The molecule has 1 aromatic heterocycles. The normalized spacial score (nSPS) is 10.2. The molecule has 1 aromatic rings. The van der Waals surface area contributed by atoms with Gasteiger partial charge in [-0.2, -0.15) is 0 Å². The summed E-state index contributed by atoms with van der Waals surface area (Å²) < 4.78 is 7.57. The van der Waals surface area contributed by atoms with Crippen LogP contribution < -0.4 is 0 Å². The van der Waals surface area contributed by atoms with E-state index in [0.29, 0.717) is 10.2 Å². The number of hydrogen-bond donors (Lipinski definition) is 0. The Hall–Kier alpha value is -1.14. The fourth-order valence-electron chi connectivity index (χ4n) is 1.18. The zero-order valence-electron chi connectivity index (χ0n) is 10.7. The summed E-state index contributed by atoms with van der Waals surface area (Å²) in [4.78, 5) is 15.5. The Bertz CT molecular complexity index is 523. The molecule has 18 heavy (non-hydrogen) atoms. The number of hydrogen-bond acceptors (Lipinski definition) is 5. The molecule has 6 heteroatoms. The Labute approximate surface area is 116 Å². The van der Waals surface area contributed by atoms with E-state index in [0.717, 1.165) is 17.3 Å². The minimum atomic E-state index is -0.392. The molecule has 0 radical (unpaired) electrons. The first-order valence-electron chi connectivity index (χ1n) is 5.49. The lowest BCUT2D eigenvalue weighted by Crippen LogP contribution is -2.08. The van der Waals surface area contributed by atoms with Gasteiger partial charge in [0.2, 0.25) is 0 Å². The van der Waals surface area contributed by atoms with Crippen molar-refractivity contribution in [2.45, 2.75) is 32.5 Å². The molecule has 0 atom stereocenters. The molecular formula is C12H16N2O2S2. The summed E-state index contributed by atoms with van der Waals surface area (Å²) in [6.07, 6.45) is 1.96. The van der Waals surface area contributed by atoms with Crippen molar-refractivity contribution in [1.29, 1.82) is 0 Å². The average molecular weight is 284 g/mol. The van der Waals surface area contributed by atoms with Crippen LogP contribution in [-0.2, 0) is 16.1 Å². The maximum atomic E-state index is 11.2. The van der Waals surface area contributed by atoms with Gasteiger partial charge in [-0.05, 0) is 32.5 Å². The molecule has 0 fully saturated rings. The number of carbonyl (C=O) groups is 1. The Kier molecular flexibility index (Phi) is 5.55. The van der Waals surface area contributed by atoms with Gasteiger partial charge in [-0.25, -0.2) is 9.78 Å². The third-order valence-corrected chi connectivity index (χ3v) is 3.43. The van der Waals surface area contributed by atoms with Crippen molar-refractivity contribution in [3.8, 4) is 0 Å². The summed E-state index contributed by atoms with van der Waals surface area (Å²) in [6.45, 7) is 9.88. The number of nitrogens with zero attached hydrogens (tertiary/aromatic N) is 2. The van der Waals surface area contributed by atoms with Gasteiger partial charge in [0.1, 0.15) is 10.6 Å². The van der Waals surface area contributed by atoms with Gasteiger partial charge in [-0.1, -0.05) is 18.8 Å². The van der Waals surface area contributed by atoms with E-state index < -0.39 is 5.97 Å². The third kappa shape index (κ3) is 3.96. The number of esters is 1. The summed E-state index contributed by atoms with van der Waals surface area (Å²) in [5.74, 6) is -0.187. The maximum absolute atomic E-state index is 11.2. The third-order valence-electron chi connectivity index (χ3n) is 2.20. The van der Waals surface area contributed by atoms with E-state index >= 15 is 0 Å². The predicted octanol–water partition coefficient (Wildman–Crippen LogP) is 3.11. The van der Waals surface area contributed by atoms with Crippen molar-refractivity contribution in [2.75, 3.05) is 5.94 Å². The number of thioether (sulfide) groups is 1. The molecular weight excluding hydrogens is 268 g/mol. The SMILES string of the molecule is C=C(C)C(=O)OCSc1nc(=S)c(C)cn1CC. The van der Waals surface area contributed by atoms with Crippen LogP contribution in [0.25, 0.3) is 0 Å². The molecule has 0 amide bonds. The molecule has 0 spiro atoms. The van der Waals surface area contributed by atoms with Crippen LogP contribution in [0.15, 0.2) is 23.5 Å². The lowest BCUT2D eigenvalue weighted by atomic mass is 10.4. The van der Waals surface area contributed by atoms with Gasteiger partial charge in [0.25, 0.3) is 0 Å². The predicted molar refractivity (Wildman–Crippen MR) is 75.1 cm³/mol. The van der Waals surface area contributed by atoms with Gasteiger partial charge in [0.05, 0.1) is 0 Å². The van der Waals surface area contributed by atoms with Crippen LogP contribution in [0, 0.1) is 11.6 Å². The highest BCUT2D eigenvalue weighted by Gasteiger charge is 2.07. The molecule has 1 rings (SSSR count). The van der Waals surface area contributed by atoms with E-state index in [4.69, 9.17) is 17.0 Å². The van der Waals surface area contributed by atoms with Crippen LogP contribution in [0.2, 0.25) is 0 Å². The van der Waals surface area contributed by atoms with Crippen molar-refractivity contribution >= 4 is 29.9 Å². The fourth-order valence-corrected chi connectivity index (χ4v) is 2.16. The summed E-state index contributed by atoms with van der Waals surface area (Å²) in [7, 11) is 0. The fraction of sp³-hybridized carbons (Fsp3) is 0.417. The zero-order chi connectivity index (χ0) is 13.7. The van der Waals surface area contributed by atoms with Crippen LogP contribution in [0.5, 0.6) is 0 Å². The molecule has 1 heterocycles. The molecule has 0 aliphatic rings. The van der Waals surface area contributed by atoms with Gasteiger partial charge in [0, 0.05) is 23.9 Å². The molecule has 0 aliphatic carbocycles. The average Bonchev–Trinajstić information content (AvgIpc) is 2.32. The number of aromatic nitrogens is 2. The van der Waals surface area contributed by atoms with E-state index in [1.54, 1.807) is 6.92 Å². The lowest BCUT2D eigenvalue weighted by molar-refractivity contribution is -0.136. The summed E-state index contributed by atoms with van der Waals surface area (Å²) in [5.41, 5.74) is 1.36. The van der Waals surface area contributed by atoms with Crippen LogP contribution >= 0.6 is 24.0 Å². The van der Waals surface area contributed by atoms with Crippen molar-refractivity contribution in [3.05, 3.63) is 28.6 Å². The first kappa shape index (κ1) is 14.9. The standard InChI is InChI=1S/C12H16N2O2S2/c1-5-14-6-9(4)10(17)13-12(14)18-7-16-11(15)8(2)3/h6H,2,5,7H2,1,3-4H3. The number of carbonyl (C=O) groups excluding carboxylic acids is 1. The van der Waals surface area contributed by atoms with E-state index in [2.05, 4.69) is 11.6 Å². The number of aryl methyl sites for hydroxylation is 2.